The van der Waals surface area contributed by atoms with E-state index in [-0.39, 0.29) is 6.10 Å². The largest absolute Gasteiger partial charge is 0.489 e. The van der Waals surface area contributed by atoms with Crippen LogP contribution in [-0.2, 0) is 0 Å². The Labute approximate surface area is 137 Å². The van der Waals surface area contributed by atoms with Crippen LogP contribution in [0.2, 0.25) is 5.02 Å². The van der Waals surface area contributed by atoms with Crippen molar-refractivity contribution in [1.29, 1.82) is 0 Å². The van der Waals surface area contributed by atoms with Gasteiger partial charge in [0.1, 0.15) is 5.75 Å². The zero-order valence-electron chi connectivity index (χ0n) is 13.6. The summed E-state index contributed by atoms with van der Waals surface area (Å²) in [7, 11) is 0. The minimum Gasteiger partial charge on any atom is -0.489 e. The topological polar surface area (TPSA) is 21.6 Å². The molecule has 0 unspecified atom stereocenters. The number of aliphatic imine (C=N–C) groups is 1. The van der Waals surface area contributed by atoms with Gasteiger partial charge in [-0.1, -0.05) is 36.2 Å². The molecule has 0 aliphatic heterocycles. The maximum Gasteiger partial charge on any atom is 0.138 e. The molecule has 2 rings (SSSR count). The second kappa shape index (κ2) is 7.46. The number of hydrogen-bond donors (Lipinski definition) is 0. The lowest BCUT2D eigenvalue weighted by molar-refractivity contribution is 0.217. The zero-order chi connectivity index (χ0) is 16.1. The molecule has 0 heterocycles. The Morgan fingerprint density at radius 2 is 1.95 bits per heavy atom. The van der Waals surface area contributed by atoms with Gasteiger partial charge in [0.25, 0.3) is 0 Å². The minimum atomic E-state index is 0.159. The maximum atomic E-state index is 6.28. The van der Waals surface area contributed by atoms with E-state index in [0.717, 1.165) is 23.4 Å². The van der Waals surface area contributed by atoms with Crippen LogP contribution in [-0.4, -0.2) is 12.3 Å². The van der Waals surface area contributed by atoms with Crippen molar-refractivity contribution in [3.8, 4) is 5.75 Å². The highest BCUT2D eigenvalue weighted by molar-refractivity contribution is 6.32. The number of aryl methyl sites for hydroxylation is 2. The smallest absolute Gasteiger partial charge is 0.138 e. The second-order valence-electron chi connectivity index (χ2n) is 5.57. The normalized spacial score (nSPS) is 12.6. The van der Waals surface area contributed by atoms with E-state index in [1.807, 2.05) is 37.4 Å². The third kappa shape index (κ3) is 4.35. The van der Waals surface area contributed by atoms with Gasteiger partial charge in [-0.25, -0.2) is 0 Å². The van der Waals surface area contributed by atoms with Crippen LogP contribution >= 0.6 is 11.6 Å². The van der Waals surface area contributed by atoms with Crippen LogP contribution in [0.25, 0.3) is 0 Å². The molecule has 0 saturated heterocycles. The molecule has 0 N–H and O–H groups in total. The lowest BCUT2D eigenvalue weighted by atomic mass is 10.1. The van der Waals surface area contributed by atoms with Crippen molar-refractivity contribution < 1.29 is 4.74 Å². The predicted octanol–water partition coefficient (Wildman–Crippen LogP) is 5.88. The molecule has 0 spiro atoms. The van der Waals surface area contributed by atoms with Crippen LogP contribution in [0.5, 0.6) is 5.75 Å². The van der Waals surface area contributed by atoms with Gasteiger partial charge in [-0.2, -0.15) is 0 Å². The monoisotopic (exact) mass is 315 g/mol. The number of nitrogens with zero attached hydrogens (tertiary/aromatic N) is 1. The molecular formula is C19H22ClNO. The van der Waals surface area contributed by atoms with Gasteiger partial charge in [0.05, 0.1) is 16.8 Å². The molecule has 1 atom stereocenters. The standard InChI is InChI=1S/C19H22ClNO/c1-5-15(4)22-19-9-7-16(11-17(19)20)12-21-18-8-6-13(2)10-14(18)3/h6-12,15H,5H2,1-4H3/t15-/m1/s1. The molecule has 2 nitrogen and oxygen atoms in total. The third-order valence-electron chi connectivity index (χ3n) is 3.56. The lowest BCUT2D eigenvalue weighted by Gasteiger charge is -2.13. The molecule has 0 aliphatic rings. The highest BCUT2D eigenvalue weighted by Gasteiger charge is 2.06. The maximum absolute atomic E-state index is 6.28. The van der Waals surface area contributed by atoms with Crippen LogP contribution in [0, 0.1) is 13.8 Å². The Kier molecular flexibility index (Phi) is 5.62. The first-order valence-corrected chi connectivity index (χ1v) is 7.95. The quantitative estimate of drug-likeness (QED) is 0.631. The molecule has 0 fully saturated rings. The summed E-state index contributed by atoms with van der Waals surface area (Å²) in [5.74, 6) is 0.722. The van der Waals surface area contributed by atoms with Gasteiger partial charge >= 0.3 is 0 Å². The van der Waals surface area contributed by atoms with Crippen LogP contribution in [0.1, 0.15) is 37.0 Å². The highest BCUT2D eigenvalue weighted by atomic mass is 35.5. The fourth-order valence-corrected chi connectivity index (χ4v) is 2.32. The Balaban J connectivity index is 2.16. The van der Waals surface area contributed by atoms with E-state index in [2.05, 4.69) is 37.9 Å². The summed E-state index contributed by atoms with van der Waals surface area (Å²) in [5, 5.41) is 0.616. The van der Waals surface area contributed by atoms with Gasteiger partial charge in [0.2, 0.25) is 0 Å². The fourth-order valence-electron chi connectivity index (χ4n) is 2.09. The third-order valence-corrected chi connectivity index (χ3v) is 3.86. The van der Waals surface area contributed by atoms with E-state index >= 15 is 0 Å². The van der Waals surface area contributed by atoms with E-state index in [1.165, 1.54) is 11.1 Å². The first-order chi connectivity index (χ1) is 10.5. The molecule has 0 aliphatic carbocycles. The Hall–Kier alpha value is -1.80. The molecule has 116 valence electrons. The van der Waals surface area contributed by atoms with Crippen LogP contribution in [0.4, 0.5) is 5.69 Å². The zero-order valence-corrected chi connectivity index (χ0v) is 14.3. The Morgan fingerprint density at radius 3 is 2.59 bits per heavy atom. The van der Waals surface area contributed by atoms with E-state index in [1.54, 1.807) is 0 Å². The van der Waals surface area contributed by atoms with E-state index in [9.17, 15) is 0 Å². The summed E-state index contributed by atoms with van der Waals surface area (Å²) in [4.78, 5) is 4.54. The minimum absolute atomic E-state index is 0.159. The first kappa shape index (κ1) is 16.6. The van der Waals surface area contributed by atoms with Gasteiger partial charge in [-0.15, -0.1) is 0 Å². The molecule has 0 saturated carbocycles. The van der Waals surface area contributed by atoms with Gasteiger partial charge in [0, 0.05) is 6.21 Å². The first-order valence-electron chi connectivity index (χ1n) is 7.57. The molecule has 22 heavy (non-hydrogen) atoms. The average Bonchev–Trinajstić information content (AvgIpc) is 2.48. The number of halogens is 1. The molecule has 0 aromatic heterocycles. The van der Waals surface area contributed by atoms with Crippen molar-refractivity contribution in [1.82, 2.24) is 0 Å². The van der Waals surface area contributed by atoms with Crippen molar-refractivity contribution in [3.05, 3.63) is 58.1 Å². The SMILES string of the molecule is CC[C@@H](C)Oc1ccc(C=Nc2ccc(C)cc2C)cc1Cl. The van der Waals surface area contributed by atoms with Crippen molar-refractivity contribution in [2.45, 2.75) is 40.2 Å². The van der Waals surface area contributed by atoms with E-state index in [4.69, 9.17) is 16.3 Å². The van der Waals surface area contributed by atoms with Crippen LogP contribution in [0.15, 0.2) is 41.4 Å². The highest BCUT2D eigenvalue weighted by Crippen LogP contribution is 2.27. The lowest BCUT2D eigenvalue weighted by Crippen LogP contribution is -2.09. The molecule has 0 bridgehead atoms. The molecular weight excluding hydrogens is 294 g/mol. The number of benzene rings is 2. The molecule has 3 heteroatoms. The summed E-state index contributed by atoms with van der Waals surface area (Å²) in [6, 6.07) is 12.0. The van der Waals surface area contributed by atoms with Crippen molar-refractivity contribution in [2.24, 2.45) is 4.99 Å². The van der Waals surface area contributed by atoms with Gasteiger partial charge in [-0.05, 0) is 62.6 Å². The predicted molar refractivity (Wildman–Crippen MR) is 95.0 cm³/mol. The van der Waals surface area contributed by atoms with Crippen LogP contribution < -0.4 is 4.74 Å². The summed E-state index contributed by atoms with van der Waals surface area (Å²) >= 11 is 6.28. The van der Waals surface area contributed by atoms with Gasteiger partial charge in [-0.3, -0.25) is 4.99 Å². The number of ether oxygens (including phenoxy) is 1. The van der Waals surface area contributed by atoms with E-state index in [0.29, 0.717) is 5.02 Å². The second-order valence-corrected chi connectivity index (χ2v) is 5.98. The number of rotatable bonds is 5. The Bertz CT molecular complexity index is 679. The Morgan fingerprint density at radius 1 is 1.18 bits per heavy atom. The molecule has 0 amide bonds. The van der Waals surface area contributed by atoms with Gasteiger partial charge in [0.15, 0.2) is 0 Å². The van der Waals surface area contributed by atoms with E-state index < -0.39 is 0 Å². The summed E-state index contributed by atoms with van der Waals surface area (Å²) < 4.78 is 5.77. The summed E-state index contributed by atoms with van der Waals surface area (Å²) in [6.45, 7) is 8.27. The summed E-state index contributed by atoms with van der Waals surface area (Å²) in [5.41, 5.74) is 4.34. The molecule has 2 aromatic carbocycles. The van der Waals surface area contributed by atoms with Crippen molar-refractivity contribution in [2.75, 3.05) is 0 Å². The molecule has 2 aromatic rings. The summed E-state index contributed by atoms with van der Waals surface area (Å²) in [6.07, 6.45) is 2.94. The van der Waals surface area contributed by atoms with Gasteiger partial charge < -0.3 is 4.74 Å². The van der Waals surface area contributed by atoms with Crippen molar-refractivity contribution >= 4 is 23.5 Å². The van der Waals surface area contributed by atoms with Crippen molar-refractivity contribution in [3.63, 3.8) is 0 Å². The average molecular weight is 316 g/mol. The molecule has 0 radical (unpaired) electrons. The number of hydrogen-bond acceptors (Lipinski definition) is 2. The van der Waals surface area contributed by atoms with Crippen LogP contribution in [0.3, 0.4) is 0 Å². The fraction of sp³-hybridized carbons (Fsp3) is 0.316.